The van der Waals surface area contributed by atoms with Crippen molar-refractivity contribution in [3.63, 3.8) is 0 Å². The summed E-state index contributed by atoms with van der Waals surface area (Å²) in [5.74, 6) is 0.686. The lowest BCUT2D eigenvalue weighted by Gasteiger charge is -2.30. The summed E-state index contributed by atoms with van der Waals surface area (Å²) in [5.41, 5.74) is 1.18. The van der Waals surface area contributed by atoms with Crippen LogP contribution < -0.4 is 0 Å². The number of aliphatic hydroxyl groups excluding tert-OH is 1. The van der Waals surface area contributed by atoms with Gasteiger partial charge in [0, 0.05) is 19.7 Å². The van der Waals surface area contributed by atoms with Gasteiger partial charge in [-0.3, -0.25) is 0 Å². The summed E-state index contributed by atoms with van der Waals surface area (Å²) in [6.45, 7) is 5.42. The first-order valence-electron chi connectivity index (χ1n) is 7.70. The maximum Gasteiger partial charge on any atom is 0.243 e. The lowest BCUT2D eigenvalue weighted by molar-refractivity contribution is 0.170. The van der Waals surface area contributed by atoms with Crippen LogP contribution in [0.25, 0.3) is 0 Å². The first-order chi connectivity index (χ1) is 9.98. The summed E-state index contributed by atoms with van der Waals surface area (Å²) in [6.07, 6.45) is 2.52. The van der Waals surface area contributed by atoms with E-state index in [0.29, 0.717) is 23.9 Å². The SMILES string of the molecule is CCC(C)c1ccc(S(=O)(=O)N2CCC(CO)CC2)cc1. The summed E-state index contributed by atoms with van der Waals surface area (Å²) in [7, 11) is -3.39. The van der Waals surface area contributed by atoms with Gasteiger partial charge < -0.3 is 5.11 Å². The molecule has 118 valence electrons. The van der Waals surface area contributed by atoms with Crippen molar-refractivity contribution in [1.29, 1.82) is 0 Å². The van der Waals surface area contributed by atoms with E-state index in [4.69, 9.17) is 5.11 Å². The highest BCUT2D eigenvalue weighted by molar-refractivity contribution is 7.89. The molecule has 1 N–H and O–H groups in total. The van der Waals surface area contributed by atoms with E-state index < -0.39 is 10.0 Å². The second-order valence-electron chi connectivity index (χ2n) is 5.91. The molecule has 0 saturated carbocycles. The van der Waals surface area contributed by atoms with Gasteiger partial charge in [0.25, 0.3) is 0 Å². The van der Waals surface area contributed by atoms with Gasteiger partial charge in [-0.25, -0.2) is 8.42 Å². The summed E-state index contributed by atoms with van der Waals surface area (Å²) in [5, 5.41) is 9.14. The molecule has 1 fully saturated rings. The molecule has 1 aromatic carbocycles. The van der Waals surface area contributed by atoms with Gasteiger partial charge in [-0.2, -0.15) is 4.31 Å². The normalized spacial score (nSPS) is 19.6. The molecule has 0 bridgehead atoms. The standard InChI is InChI=1S/C16H25NO3S/c1-3-13(2)15-4-6-16(7-5-15)21(19,20)17-10-8-14(12-18)9-11-17/h4-7,13-14,18H,3,8-12H2,1-2H3. The molecule has 5 heteroatoms. The highest BCUT2D eigenvalue weighted by Gasteiger charge is 2.29. The predicted molar refractivity (Wildman–Crippen MR) is 83.7 cm³/mol. The minimum atomic E-state index is -3.39. The number of rotatable bonds is 5. The molecule has 1 atom stereocenters. The molecule has 1 saturated heterocycles. The maximum atomic E-state index is 12.6. The van der Waals surface area contributed by atoms with Crippen molar-refractivity contribution in [2.75, 3.05) is 19.7 Å². The van der Waals surface area contributed by atoms with Gasteiger partial charge in [0.15, 0.2) is 0 Å². The average Bonchev–Trinajstić information content (AvgIpc) is 2.54. The number of hydrogen-bond acceptors (Lipinski definition) is 3. The van der Waals surface area contributed by atoms with Crippen molar-refractivity contribution in [1.82, 2.24) is 4.31 Å². The molecule has 0 aliphatic carbocycles. The summed E-state index contributed by atoms with van der Waals surface area (Å²) < 4.78 is 26.7. The Kier molecular flexibility index (Phi) is 5.41. The third kappa shape index (κ3) is 3.65. The lowest BCUT2D eigenvalue weighted by Crippen LogP contribution is -2.39. The Morgan fingerprint density at radius 2 is 1.81 bits per heavy atom. The number of piperidine rings is 1. The summed E-state index contributed by atoms with van der Waals surface area (Å²) >= 11 is 0. The molecule has 21 heavy (non-hydrogen) atoms. The van der Waals surface area contributed by atoms with Crippen LogP contribution in [0.4, 0.5) is 0 Å². The number of benzene rings is 1. The van der Waals surface area contributed by atoms with Gasteiger partial charge in [0.2, 0.25) is 10.0 Å². The Bertz CT molecular complexity index is 545. The Labute approximate surface area is 127 Å². The highest BCUT2D eigenvalue weighted by atomic mass is 32.2. The van der Waals surface area contributed by atoms with Crippen LogP contribution in [0.2, 0.25) is 0 Å². The second kappa shape index (κ2) is 6.90. The zero-order chi connectivity index (χ0) is 15.5. The summed E-state index contributed by atoms with van der Waals surface area (Å²) in [4.78, 5) is 0.372. The molecule has 1 aliphatic rings. The smallest absolute Gasteiger partial charge is 0.243 e. The van der Waals surface area contributed by atoms with Crippen molar-refractivity contribution in [3.8, 4) is 0 Å². The van der Waals surface area contributed by atoms with Crippen molar-refractivity contribution >= 4 is 10.0 Å². The third-order valence-corrected chi connectivity index (χ3v) is 6.44. The molecule has 1 heterocycles. The second-order valence-corrected chi connectivity index (χ2v) is 7.85. The Balaban J connectivity index is 2.13. The Morgan fingerprint density at radius 3 is 2.29 bits per heavy atom. The minimum Gasteiger partial charge on any atom is -0.396 e. The molecule has 0 aromatic heterocycles. The average molecular weight is 311 g/mol. The zero-order valence-corrected chi connectivity index (χ0v) is 13.6. The van der Waals surface area contributed by atoms with E-state index in [-0.39, 0.29) is 12.5 Å². The van der Waals surface area contributed by atoms with E-state index in [1.807, 2.05) is 12.1 Å². The topological polar surface area (TPSA) is 57.6 Å². The molecule has 4 nitrogen and oxygen atoms in total. The van der Waals surface area contributed by atoms with Crippen molar-refractivity contribution in [2.45, 2.75) is 43.9 Å². The van der Waals surface area contributed by atoms with Crippen molar-refractivity contribution < 1.29 is 13.5 Å². The summed E-state index contributed by atoms with van der Waals surface area (Å²) in [6, 6.07) is 7.27. The first-order valence-corrected chi connectivity index (χ1v) is 9.14. The van der Waals surface area contributed by atoms with E-state index >= 15 is 0 Å². The van der Waals surface area contributed by atoms with Gasteiger partial charge in [-0.1, -0.05) is 26.0 Å². The van der Waals surface area contributed by atoms with Crippen LogP contribution in [0.5, 0.6) is 0 Å². The van der Waals surface area contributed by atoms with Crippen molar-refractivity contribution in [3.05, 3.63) is 29.8 Å². The highest BCUT2D eigenvalue weighted by Crippen LogP contribution is 2.25. The van der Waals surface area contributed by atoms with Gasteiger partial charge in [-0.05, 0) is 48.8 Å². The van der Waals surface area contributed by atoms with Gasteiger partial charge in [0.1, 0.15) is 0 Å². The van der Waals surface area contributed by atoms with Crippen LogP contribution in [0.1, 0.15) is 44.6 Å². The molecular weight excluding hydrogens is 286 g/mol. The number of sulfonamides is 1. The zero-order valence-electron chi connectivity index (χ0n) is 12.8. The van der Waals surface area contributed by atoms with Crippen LogP contribution >= 0.6 is 0 Å². The minimum absolute atomic E-state index is 0.150. The van der Waals surface area contributed by atoms with E-state index in [1.54, 1.807) is 12.1 Å². The van der Waals surface area contributed by atoms with Crippen LogP contribution in [0, 0.1) is 5.92 Å². The number of hydrogen-bond donors (Lipinski definition) is 1. The Morgan fingerprint density at radius 1 is 1.24 bits per heavy atom. The van der Waals surface area contributed by atoms with E-state index in [9.17, 15) is 8.42 Å². The van der Waals surface area contributed by atoms with Crippen LogP contribution in [0.15, 0.2) is 29.2 Å². The molecular formula is C16H25NO3S. The van der Waals surface area contributed by atoms with Crippen LogP contribution in [-0.4, -0.2) is 37.5 Å². The van der Waals surface area contributed by atoms with Crippen molar-refractivity contribution in [2.24, 2.45) is 5.92 Å². The number of aliphatic hydroxyl groups is 1. The molecule has 2 rings (SSSR count). The van der Waals surface area contributed by atoms with Crippen LogP contribution in [0.3, 0.4) is 0 Å². The van der Waals surface area contributed by atoms with E-state index in [1.165, 1.54) is 9.87 Å². The fourth-order valence-corrected chi connectivity index (χ4v) is 4.16. The molecule has 1 aromatic rings. The molecule has 0 spiro atoms. The van der Waals surface area contributed by atoms with E-state index in [0.717, 1.165) is 19.3 Å². The largest absolute Gasteiger partial charge is 0.396 e. The molecule has 0 radical (unpaired) electrons. The first kappa shape index (κ1) is 16.5. The quantitative estimate of drug-likeness (QED) is 0.909. The predicted octanol–water partition coefficient (Wildman–Crippen LogP) is 2.59. The molecule has 1 aliphatic heterocycles. The molecule has 0 amide bonds. The number of nitrogens with zero attached hydrogens (tertiary/aromatic N) is 1. The lowest BCUT2D eigenvalue weighted by atomic mass is 9.99. The monoisotopic (exact) mass is 311 g/mol. The Hall–Kier alpha value is -0.910. The van der Waals surface area contributed by atoms with Crippen LogP contribution in [-0.2, 0) is 10.0 Å². The molecule has 1 unspecified atom stereocenters. The maximum absolute atomic E-state index is 12.6. The van der Waals surface area contributed by atoms with Gasteiger partial charge in [0.05, 0.1) is 4.90 Å². The van der Waals surface area contributed by atoms with Gasteiger partial charge >= 0.3 is 0 Å². The fourth-order valence-electron chi connectivity index (χ4n) is 2.69. The third-order valence-electron chi connectivity index (χ3n) is 4.53. The van der Waals surface area contributed by atoms with E-state index in [2.05, 4.69) is 13.8 Å². The fraction of sp³-hybridized carbons (Fsp3) is 0.625. The van der Waals surface area contributed by atoms with Gasteiger partial charge in [-0.15, -0.1) is 0 Å².